The highest BCUT2D eigenvalue weighted by molar-refractivity contribution is 7.80. The van der Waals surface area contributed by atoms with Gasteiger partial charge in [0.05, 0.1) is 11.7 Å². The Kier molecular flexibility index (Phi) is 4.84. The number of pyridine rings is 1. The molecule has 94 valence electrons. The van der Waals surface area contributed by atoms with Crippen LogP contribution in [0.4, 0.5) is 5.82 Å². The van der Waals surface area contributed by atoms with Crippen molar-refractivity contribution in [2.24, 2.45) is 5.73 Å². The first kappa shape index (κ1) is 13.9. The summed E-state index contributed by atoms with van der Waals surface area (Å²) in [5.41, 5.74) is 8.52. The highest BCUT2D eigenvalue weighted by atomic mass is 32.1. The molecule has 1 aromatic heterocycles. The van der Waals surface area contributed by atoms with Crippen LogP contribution in [0.3, 0.4) is 0 Å². The van der Waals surface area contributed by atoms with Crippen LogP contribution in [0.2, 0.25) is 0 Å². The van der Waals surface area contributed by atoms with Gasteiger partial charge in [-0.3, -0.25) is 0 Å². The summed E-state index contributed by atoms with van der Waals surface area (Å²) in [5, 5.41) is 3.22. The second-order valence-corrected chi connectivity index (χ2v) is 4.54. The lowest BCUT2D eigenvalue weighted by Crippen LogP contribution is -2.22. The third kappa shape index (κ3) is 3.64. The zero-order valence-electron chi connectivity index (χ0n) is 10.7. The molecule has 1 unspecified atom stereocenters. The first-order chi connectivity index (χ1) is 7.95. The van der Waals surface area contributed by atoms with Gasteiger partial charge in [0, 0.05) is 19.3 Å². The molecule has 1 rings (SSSR count). The number of nitrogens with zero attached hydrogens (tertiary/aromatic N) is 1. The van der Waals surface area contributed by atoms with Gasteiger partial charge in [0.15, 0.2) is 0 Å². The number of methoxy groups -OCH3 is 1. The lowest BCUT2D eigenvalue weighted by Gasteiger charge is -2.16. The first-order valence-corrected chi connectivity index (χ1v) is 5.91. The van der Waals surface area contributed by atoms with E-state index in [0.717, 1.165) is 22.6 Å². The Morgan fingerprint density at radius 3 is 2.76 bits per heavy atom. The predicted molar refractivity (Wildman–Crippen MR) is 74.6 cm³/mol. The van der Waals surface area contributed by atoms with Gasteiger partial charge in [0.25, 0.3) is 0 Å². The molecule has 3 N–H and O–H groups in total. The van der Waals surface area contributed by atoms with Crippen molar-refractivity contribution in [3.63, 3.8) is 0 Å². The molecule has 1 atom stereocenters. The van der Waals surface area contributed by atoms with Crippen molar-refractivity contribution in [3.05, 3.63) is 22.9 Å². The fourth-order valence-corrected chi connectivity index (χ4v) is 1.86. The number of hydrogen-bond acceptors (Lipinski definition) is 4. The quantitative estimate of drug-likeness (QED) is 0.783. The van der Waals surface area contributed by atoms with Crippen LogP contribution in [-0.2, 0) is 4.74 Å². The molecule has 0 aliphatic carbocycles. The van der Waals surface area contributed by atoms with Crippen LogP contribution in [0.5, 0.6) is 0 Å². The van der Waals surface area contributed by atoms with Crippen LogP contribution in [0.15, 0.2) is 6.07 Å². The van der Waals surface area contributed by atoms with Crippen molar-refractivity contribution in [3.8, 4) is 0 Å². The number of anilines is 1. The van der Waals surface area contributed by atoms with E-state index in [0.29, 0.717) is 11.5 Å². The van der Waals surface area contributed by atoms with Crippen molar-refractivity contribution in [1.29, 1.82) is 0 Å². The van der Waals surface area contributed by atoms with Crippen molar-refractivity contribution < 1.29 is 4.74 Å². The third-order valence-corrected chi connectivity index (χ3v) is 2.75. The number of ether oxygens (including phenoxy) is 1. The minimum Gasteiger partial charge on any atom is -0.389 e. The Morgan fingerprint density at radius 1 is 1.59 bits per heavy atom. The monoisotopic (exact) mass is 253 g/mol. The highest BCUT2D eigenvalue weighted by Gasteiger charge is 2.11. The van der Waals surface area contributed by atoms with Gasteiger partial charge < -0.3 is 15.8 Å². The van der Waals surface area contributed by atoms with E-state index in [4.69, 9.17) is 22.7 Å². The molecule has 0 radical (unpaired) electrons. The van der Waals surface area contributed by atoms with E-state index in [1.807, 2.05) is 26.8 Å². The Morgan fingerprint density at radius 2 is 2.24 bits per heavy atom. The second-order valence-electron chi connectivity index (χ2n) is 4.10. The molecule has 0 saturated carbocycles. The molecule has 0 bridgehead atoms. The smallest absolute Gasteiger partial charge is 0.136 e. The summed E-state index contributed by atoms with van der Waals surface area (Å²) >= 11 is 5.06. The second kappa shape index (κ2) is 5.93. The van der Waals surface area contributed by atoms with Crippen molar-refractivity contribution in [2.45, 2.75) is 26.9 Å². The van der Waals surface area contributed by atoms with Gasteiger partial charge in [0.1, 0.15) is 10.8 Å². The Bertz CT molecular complexity index is 420. The Hall–Kier alpha value is -1.20. The van der Waals surface area contributed by atoms with Gasteiger partial charge in [-0.2, -0.15) is 0 Å². The van der Waals surface area contributed by atoms with Gasteiger partial charge in [0.2, 0.25) is 0 Å². The van der Waals surface area contributed by atoms with E-state index in [1.54, 1.807) is 7.11 Å². The number of rotatable bonds is 5. The maximum absolute atomic E-state index is 5.72. The molecular weight excluding hydrogens is 234 g/mol. The molecule has 0 aromatic carbocycles. The Labute approximate surface area is 108 Å². The van der Waals surface area contributed by atoms with E-state index in [1.165, 1.54) is 0 Å². The minimum absolute atomic E-state index is 0.108. The van der Waals surface area contributed by atoms with Crippen molar-refractivity contribution in [1.82, 2.24) is 4.98 Å². The zero-order chi connectivity index (χ0) is 13.0. The number of nitrogens with one attached hydrogen (secondary N) is 1. The fraction of sp³-hybridized carbons (Fsp3) is 0.500. The molecule has 5 heteroatoms. The van der Waals surface area contributed by atoms with Crippen LogP contribution in [-0.4, -0.2) is 29.7 Å². The molecule has 1 aromatic rings. The van der Waals surface area contributed by atoms with E-state index < -0.39 is 0 Å². The molecule has 0 aliphatic heterocycles. The average molecular weight is 253 g/mol. The van der Waals surface area contributed by atoms with E-state index in [9.17, 15) is 0 Å². The van der Waals surface area contributed by atoms with Crippen LogP contribution in [0, 0.1) is 13.8 Å². The summed E-state index contributed by atoms with van der Waals surface area (Å²) < 4.78 is 5.18. The minimum atomic E-state index is 0.108. The first-order valence-electron chi connectivity index (χ1n) is 5.50. The molecule has 0 fully saturated rings. The summed E-state index contributed by atoms with van der Waals surface area (Å²) in [7, 11) is 1.68. The molecule has 0 aliphatic rings. The van der Waals surface area contributed by atoms with Gasteiger partial charge in [-0.15, -0.1) is 0 Å². The van der Waals surface area contributed by atoms with Crippen LogP contribution in [0.25, 0.3) is 0 Å². The maximum Gasteiger partial charge on any atom is 0.136 e. The molecule has 0 spiro atoms. The van der Waals surface area contributed by atoms with Crippen molar-refractivity contribution in [2.75, 3.05) is 19.0 Å². The summed E-state index contributed by atoms with van der Waals surface area (Å²) in [4.78, 5) is 4.79. The van der Waals surface area contributed by atoms with Crippen LogP contribution >= 0.6 is 12.2 Å². The number of thiocarbonyl (C=S) groups is 1. The normalized spacial score (nSPS) is 12.2. The van der Waals surface area contributed by atoms with Gasteiger partial charge in [-0.1, -0.05) is 12.2 Å². The summed E-state index contributed by atoms with van der Waals surface area (Å²) in [6.07, 6.45) is 0.108. The highest BCUT2D eigenvalue weighted by Crippen LogP contribution is 2.18. The average Bonchev–Trinajstić information content (AvgIpc) is 2.24. The summed E-state index contributed by atoms with van der Waals surface area (Å²) in [5.74, 6) is 0.735. The lowest BCUT2D eigenvalue weighted by atomic mass is 10.1. The molecule has 0 amide bonds. The Balaban J connectivity index is 3.00. The van der Waals surface area contributed by atoms with Crippen LogP contribution < -0.4 is 11.1 Å². The predicted octanol–water partition coefficient (Wildman–Crippen LogP) is 1.78. The largest absolute Gasteiger partial charge is 0.389 e. The molecular formula is C12H19N3OS. The maximum atomic E-state index is 5.72. The summed E-state index contributed by atoms with van der Waals surface area (Å²) in [6.45, 7) is 6.58. The molecule has 1 heterocycles. The molecule has 0 saturated heterocycles. The van der Waals surface area contributed by atoms with E-state index in [2.05, 4.69) is 10.3 Å². The summed E-state index contributed by atoms with van der Waals surface area (Å²) in [6, 6.07) is 1.97. The van der Waals surface area contributed by atoms with Gasteiger partial charge >= 0.3 is 0 Å². The van der Waals surface area contributed by atoms with Crippen molar-refractivity contribution >= 4 is 23.0 Å². The molecule has 17 heavy (non-hydrogen) atoms. The topological polar surface area (TPSA) is 60.2 Å². The number of aromatic nitrogens is 1. The van der Waals surface area contributed by atoms with E-state index >= 15 is 0 Å². The third-order valence-electron chi connectivity index (χ3n) is 2.55. The zero-order valence-corrected chi connectivity index (χ0v) is 11.5. The lowest BCUT2D eigenvalue weighted by molar-refractivity contribution is 0.128. The van der Waals surface area contributed by atoms with E-state index in [-0.39, 0.29) is 6.10 Å². The van der Waals surface area contributed by atoms with Gasteiger partial charge in [-0.25, -0.2) is 4.98 Å². The van der Waals surface area contributed by atoms with Gasteiger partial charge in [-0.05, 0) is 32.4 Å². The number of aryl methyl sites for hydroxylation is 2. The van der Waals surface area contributed by atoms with Crippen LogP contribution in [0.1, 0.15) is 23.7 Å². The fourth-order valence-electron chi connectivity index (χ4n) is 1.60. The number of nitrogens with two attached hydrogens (primary N) is 1. The standard InChI is InChI=1S/C12H19N3OS/c1-7-5-8(2)15-12(10(7)11(13)17)14-6-9(3)16-4/h5,9H,6H2,1-4H3,(H2,13,17)(H,14,15). The number of hydrogen-bond donors (Lipinski definition) is 2. The molecule has 4 nitrogen and oxygen atoms in total. The SMILES string of the molecule is COC(C)CNc1nc(C)cc(C)c1C(N)=S.